The van der Waals surface area contributed by atoms with Gasteiger partial charge in [0.2, 0.25) is 0 Å². The van der Waals surface area contributed by atoms with Crippen LogP contribution in [0.15, 0.2) is 35.1 Å². The molecule has 4 heterocycles. The Kier molecular flexibility index (Phi) is 11.9. The Balaban J connectivity index is 0.000000333. The predicted octanol–water partition coefficient (Wildman–Crippen LogP) is 4.23. The van der Waals surface area contributed by atoms with Gasteiger partial charge >= 0.3 is 24.3 Å². The van der Waals surface area contributed by atoms with Gasteiger partial charge in [-0.15, -0.1) is 0 Å². The quantitative estimate of drug-likeness (QED) is 0.474. The fourth-order valence-electron chi connectivity index (χ4n) is 4.30. The van der Waals surface area contributed by atoms with Gasteiger partial charge in [-0.1, -0.05) is 5.16 Å². The monoisotopic (exact) mass is 585 g/mol. The number of halogens is 6. The van der Waals surface area contributed by atoms with E-state index in [1.165, 1.54) is 0 Å². The SMILES string of the molecule is Cc1cc(CN2CCC3OCCCC3(COCc3ccncc3)C2)no1.O=C(O)C(F)(F)F.O=C(O)C(F)(F)F. The summed E-state index contributed by atoms with van der Waals surface area (Å²) < 4.78 is 81.0. The number of hydrogen-bond acceptors (Lipinski definition) is 8. The minimum Gasteiger partial charge on any atom is -0.475 e. The standard InChI is InChI=1S/C20H27N3O3.2C2HF3O2/c1-16-11-18(22-26-16)12-23-9-5-19-20(14-23,6-2-10-25-19)15-24-13-17-3-7-21-8-4-17;2*3-2(4,5)1(6)7/h3-4,7-8,11,19H,2,5-6,9-10,12-15H2,1H3;2*(H,6,7). The van der Waals surface area contributed by atoms with Gasteiger partial charge in [0, 0.05) is 50.1 Å². The van der Waals surface area contributed by atoms with E-state index < -0.39 is 24.3 Å². The van der Waals surface area contributed by atoms with Crippen LogP contribution in [0.5, 0.6) is 0 Å². The number of carboxylic acid groups (broad SMARTS) is 2. The first-order valence-electron chi connectivity index (χ1n) is 12.0. The Hall–Kier alpha value is -3.24. The molecule has 0 spiro atoms. The molecular weight excluding hydrogens is 556 g/mol. The lowest BCUT2D eigenvalue weighted by molar-refractivity contribution is -0.193. The summed E-state index contributed by atoms with van der Waals surface area (Å²) in [6, 6.07) is 6.04. The summed E-state index contributed by atoms with van der Waals surface area (Å²) >= 11 is 0. The van der Waals surface area contributed by atoms with E-state index in [-0.39, 0.29) is 5.41 Å². The molecule has 2 saturated heterocycles. The number of aromatic nitrogens is 2. The second kappa shape index (κ2) is 14.4. The van der Waals surface area contributed by atoms with E-state index in [1.807, 2.05) is 37.5 Å². The van der Waals surface area contributed by atoms with Crippen LogP contribution < -0.4 is 0 Å². The summed E-state index contributed by atoms with van der Waals surface area (Å²) in [6.45, 7) is 7.01. The van der Waals surface area contributed by atoms with Crippen LogP contribution in [0.4, 0.5) is 26.3 Å². The van der Waals surface area contributed by atoms with Crippen LogP contribution in [0, 0.1) is 12.3 Å². The molecule has 2 unspecified atom stereocenters. The summed E-state index contributed by atoms with van der Waals surface area (Å²) in [7, 11) is 0. The smallest absolute Gasteiger partial charge is 0.475 e. The molecule has 2 aromatic rings. The van der Waals surface area contributed by atoms with E-state index in [9.17, 15) is 26.3 Å². The fourth-order valence-corrected chi connectivity index (χ4v) is 4.30. The second-order valence-electron chi connectivity index (χ2n) is 9.21. The van der Waals surface area contributed by atoms with E-state index in [2.05, 4.69) is 15.0 Å². The van der Waals surface area contributed by atoms with Gasteiger partial charge in [-0.3, -0.25) is 9.88 Å². The van der Waals surface area contributed by atoms with Crippen molar-refractivity contribution < 1.29 is 60.1 Å². The van der Waals surface area contributed by atoms with E-state index in [0.29, 0.717) is 12.7 Å². The van der Waals surface area contributed by atoms with Crippen molar-refractivity contribution in [3.8, 4) is 0 Å². The maximum absolute atomic E-state index is 10.6. The number of aliphatic carboxylic acids is 2. The molecule has 10 nitrogen and oxygen atoms in total. The van der Waals surface area contributed by atoms with Gasteiger partial charge < -0.3 is 24.2 Å². The maximum Gasteiger partial charge on any atom is 0.490 e. The van der Waals surface area contributed by atoms with Crippen molar-refractivity contribution in [2.75, 3.05) is 26.3 Å². The fraction of sp³-hybridized carbons (Fsp3) is 0.583. The minimum absolute atomic E-state index is 0.0717. The van der Waals surface area contributed by atoms with Crippen molar-refractivity contribution in [3.05, 3.63) is 47.6 Å². The van der Waals surface area contributed by atoms with Crippen LogP contribution in [-0.2, 0) is 32.2 Å². The van der Waals surface area contributed by atoms with Crippen molar-refractivity contribution in [3.63, 3.8) is 0 Å². The molecule has 0 aromatic carbocycles. The van der Waals surface area contributed by atoms with E-state index >= 15 is 0 Å². The zero-order chi connectivity index (χ0) is 30.0. The van der Waals surface area contributed by atoms with E-state index in [1.54, 1.807) is 0 Å². The van der Waals surface area contributed by atoms with Gasteiger partial charge in [0.25, 0.3) is 0 Å². The number of hydrogen-bond donors (Lipinski definition) is 2. The number of likely N-dealkylation sites (tertiary alicyclic amines) is 1. The van der Waals surface area contributed by atoms with Crippen LogP contribution in [0.1, 0.15) is 36.3 Å². The number of carbonyl (C=O) groups is 2. The Morgan fingerprint density at radius 3 is 2.25 bits per heavy atom. The molecule has 2 aliphatic heterocycles. The van der Waals surface area contributed by atoms with Crippen LogP contribution in [0.3, 0.4) is 0 Å². The average Bonchev–Trinajstić information content (AvgIpc) is 3.28. The molecule has 0 radical (unpaired) electrons. The molecule has 2 N–H and O–H groups in total. The van der Waals surface area contributed by atoms with Gasteiger partial charge in [-0.05, 0) is 43.9 Å². The molecule has 0 aliphatic carbocycles. The van der Waals surface area contributed by atoms with Crippen LogP contribution in [-0.4, -0.2) is 82.0 Å². The van der Waals surface area contributed by atoms with E-state index in [4.69, 9.17) is 33.8 Å². The number of rotatable bonds is 6. The largest absolute Gasteiger partial charge is 0.490 e. The summed E-state index contributed by atoms with van der Waals surface area (Å²) in [4.78, 5) is 24.3. The van der Waals surface area contributed by atoms with Crippen molar-refractivity contribution >= 4 is 11.9 Å². The number of carboxylic acids is 2. The zero-order valence-electron chi connectivity index (χ0n) is 21.4. The molecule has 0 amide bonds. The molecule has 2 atom stereocenters. The first kappa shape index (κ1) is 33.0. The number of pyridine rings is 1. The summed E-state index contributed by atoms with van der Waals surface area (Å²) in [5.41, 5.74) is 2.24. The minimum atomic E-state index is -5.08. The van der Waals surface area contributed by atoms with Crippen molar-refractivity contribution in [2.24, 2.45) is 5.41 Å². The molecule has 2 aliphatic rings. The van der Waals surface area contributed by atoms with Gasteiger partial charge in [-0.2, -0.15) is 26.3 Å². The lowest BCUT2D eigenvalue weighted by atomic mass is 9.73. The molecule has 4 rings (SSSR count). The highest BCUT2D eigenvalue weighted by Crippen LogP contribution is 2.41. The third kappa shape index (κ3) is 10.7. The highest BCUT2D eigenvalue weighted by molar-refractivity contribution is 5.73. The second-order valence-corrected chi connectivity index (χ2v) is 9.21. The Morgan fingerprint density at radius 1 is 1.12 bits per heavy atom. The number of aryl methyl sites for hydroxylation is 1. The number of ether oxygens (including phenoxy) is 2. The zero-order valence-corrected chi connectivity index (χ0v) is 21.4. The third-order valence-corrected chi connectivity index (χ3v) is 6.02. The number of fused-ring (bicyclic) bond motifs is 1. The normalized spacial score (nSPS) is 21.2. The van der Waals surface area contributed by atoms with Gasteiger partial charge in [0.1, 0.15) is 5.76 Å². The first-order valence-corrected chi connectivity index (χ1v) is 12.0. The lowest BCUT2D eigenvalue weighted by Gasteiger charge is -2.50. The summed E-state index contributed by atoms with van der Waals surface area (Å²) in [5.74, 6) is -4.65. The highest BCUT2D eigenvalue weighted by atomic mass is 19.4. The van der Waals surface area contributed by atoms with Crippen molar-refractivity contribution in [2.45, 2.75) is 57.8 Å². The van der Waals surface area contributed by atoms with Gasteiger partial charge in [0.15, 0.2) is 0 Å². The van der Waals surface area contributed by atoms with Crippen molar-refractivity contribution in [1.82, 2.24) is 15.0 Å². The number of nitrogens with zero attached hydrogens (tertiary/aromatic N) is 3. The molecule has 224 valence electrons. The average molecular weight is 585 g/mol. The maximum atomic E-state index is 10.6. The lowest BCUT2D eigenvalue weighted by Crippen LogP contribution is -2.56. The van der Waals surface area contributed by atoms with Gasteiger partial charge in [0.05, 0.1) is 25.0 Å². The molecule has 0 bridgehead atoms. The molecule has 40 heavy (non-hydrogen) atoms. The van der Waals surface area contributed by atoms with Crippen molar-refractivity contribution in [1.29, 1.82) is 0 Å². The number of alkyl halides is 6. The Bertz CT molecular complexity index is 1060. The molecule has 2 fully saturated rings. The molecule has 16 heteroatoms. The number of piperidine rings is 1. The predicted molar refractivity (Wildman–Crippen MR) is 124 cm³/mol. The van der Waals surface area contributed by atoms with Crippen LogP contribution in [0.25, 0.3) is 0 Å². The van der Waals surface area contributed by atoms with Gasteiger partial charge in [-0.25, -0.2) is 9.59 Å². The highest BCUT2D eigenvalue weighted by Gasteiger charge is 2.46. The molecule has 0 saturated carbocycles. The van der Waals surface area contributed by atoms with Crippen LogP contribution in [0.2, 0.25) is 0 Å². The van der Waals surface area contributed by atoms with E-state index in [0.717, 1.165) is 69.1 Å². The first-order chi connectivity index (χ1) is 18.6. The Labute approximate surface area is 224 Å². The summed E-state index contributed by atoms with van der Waals surface area (Å²) in [5, 5.41) is 18.4. The summed E-state index contributed by atoms with van der Waals surface area (Å²) in [6.07, 6.45) is -2.94. The Morgan fingerprint density at radius 2 is 1.73 bits per heavy atom. The molecule has 2 aromatic heterocycles. The third-order valence-electron chi connectivity index (χ3n) is 6.02. The topological polar surface area (TPSA) is 135 Å². The molecular formula is C24H29F6N3O7. The van der Waals surface area contributed by atoms with Crippen LogP contribution >= 0.6 is 0 Å².